The van der Waals surface area contributed by atoms with Gasteiger partial charge < -0.3 is 19.4 Å². The second kappa shape index (κ2) is 10.3. The first-order chi connectivity index (χ1) is 15.9. The summed E-state index contributed by atoms with van der Waals surface area (Å²) >= 11 is 0. The molecule has 0 fully saturated rings. The Balaban J connectivity index is 1.87. The van der Waals surface area contributed by atoms with E-state index in [1.165, 1.54) is 7.11 Å². The van der Waals surface area contributed by atoms with Crippen LogP contribution in [0.25, 0.3) is 11.8 Å². The first-order valence-electron chi connectivity index (χ1n) is 10.3. The predicted octanol–water partition coefficient (Wildman–Crippen LogP) is 4.11. The quantitative estimate of drug-likeness (QED) is 0.337. The van der Waals surface area contributed by atoms with E-state index in [0.717, 1.165) is 22.7 Å². The second-order valence-corrected chi connectivity index (χ2v) is 7.37. The number of aryl methyl sites for hydroxylation is 1. The summed E-state index contributed by atoms with van der Waals surface area (Å²) < 4.78 is 11.9. The van der Waals surface area contributed by atoms with E-state index in [-0.39, 0.29) is 12.1 Å². The second-order valence-electron chi connectivity index (χ2n) is 7.37. The lowest BCUT2D eigenvalue weighted by atomic mass is 10.1. The zero-order valence-electron chi connectivity index (χ0n) is 19.0. The minimum absolute atomic E-state index is 0.00925. The summed E-state index contributed by atoms with van der Waals surface area (Å²) in [6.07, 6.45) is 1.56. The van der Waals surface area contributed by atoms with E-state index in [0.29, 0.717) is 16.8 Å². The van der Waals surface area contributed by atoms with Crippen molar-refractivity contribution < 1.29 is 19.1 Å². The lowest BCUT2D eigenvalue weighted by Gasteiger charge is -2.13. The molecule has 7 nitrogen and oxygen atoms in total. The Morgan fingerprint density at radius 3 is 2.42 bits per heavy atom. The van der Waals surface area contributed by atoms with Crippen LogP contribution in [0.1, 0.15) is 32.9 Å². The van der Waals surface area contributed by atoms with Crippen molar-refractivity contribution in [1.82, 2.24) is 9.88 Å². The average Bonchev–Trinajstić information content (AvgIpc) is 3.12. The molecule has 0 saturated carbocycles. The molecule has 0 aliphatic heterocycles. The van der Waals surface area contributed by atoms with Crippen LogP contribution in [0, 0.1) is 25.2 Å². The molecule has 1 aromatic heterocycles. The van der Waals surface area contributed by atoms with Crippen molar-refractivity contribution in [3.63, 3.8) is 0 Å². The molecule has 0 bridgehead atoms. The number of methoxy groups -OCH3 is 2. The molecule has 0 aliphatic rings. The lowest BCUT2D eigenvalue weighted by molar-refractivity contribution is -0.117. The van der Waals surface area contributed by atoms with Gasteiger partial charge in [-0.25, -0.2) is 4.79 Å². The minimum atomic E-state index is -0.465. The van der Waals surface area contributed by atoms with Crippen LogP contribution < -0.4 is 10.1 Å². The number of hydrogen-bond donors (Lipinski definition) is 1. The Bertz CT molecular complexity index is 1250. The zero-order chi connectivity index (χ0) is 24.0. The van der Waals surface area contributed by atoms with Crippen molar-refractivity contribution >= 4 is 18.0 Å². The number of benzene rings is 2. The summed E-state index contributed by atoms with van der Waals surface area (Å²) in [6, 6.07) is 18.3. The Morgan fingerprint density at radius 2 is 1.79 bits per heavy atom. The molecule has 1 amide bonds. The molecule has 0 spiro atoms. The van der Waals surface area contributed by atoms with Crippen LogP contribution in [0.15, 0.2) is 60.2 Å². The third-order valence-corrected chi connectivity index (χ3v) is 5.30. The largest absolute Gasteiger partial charge is 0.497 e. The number of nitrogens with one attached hydrogen (secondary N) is 1. The standard InChI is InChI=1S/C26H25N3O4/c1-17-13-20(18(2)29(17)24-8-6-5-7-23(24)26(31)33-4)14-21(15-27)25(30)28-16-19-9-11-22(32-3)12-10-19/h5-14H,16H2,1-4H3,(H,28,30)/b21-14-. The maximum atomic E-state index is 12.6. The van der Waals surface area contributed by atoms with Gasteiger partial charge in [0.05, 0.1) is 25.5 Å². The molecule has 0 atom stereocenters. The monoisotopic (exact) mass is 443 g/mol. The van der Waals surface area contributed by atoms with Crippen molar-refractivity contribution in [1.29, 1.82) is 5.26 Å². The summed E-state index contributed by atoms with van der Waals surface area (Å²) in [6.45, 7) is 4.05. The molecular formula is C26H25N3O4. The van der Waals surface area contributed by atoms with E-state index < -0.39 is 11.9 Å². The number of nitriles is 1. The van der Waals surface area contributed by atoms with Crippen molar-refractivity contribution in [2.75, 3.05) is 14.2 Å². The van der Waals surface area contributed by atoms with E-state index in [1.54, 1.807) is 25.3 Å². The normalized spacial score (nSPS) is 10.9. The fourth-order valence-corrected chi connectivity index (χ4v) is 3.58. The van der Waals surface area contributed by atoms with Gasteiger partial charge in [-0.05, 0) is 61.4 Å². The van der Waals surface area contributed by atoms with Crippen molar-refractivity contribution in [3.8, 4) is 17.5 Å². The van der Waals surface area contributed by atoms with Gasteiger partial charge in [0.1, 0.15) is 17.4 Å². The third kappa shape index (κ3) is 5.13. The van der Waals surface area contributed by atoms with Gasteiger partial charge in [0.25, 0.3) is 5.91 Å². The Labute approximate surface area is 192 Å². The number of carbonyl (C=O) groups is 2. The van der Waals surface area contributed by atoms with Gasteiger partial charge in [0.2, 0.25) is 0 Å². The molecule has 0 radical (unpaired) electrons. The van der Waals surface area contributed by atoms with Crippen molar-refractivity contribution in [3.05, 3.63) is 88.2 Å². The molecule has 3 rings (SSSR count). The fourth-order valence-electron chi connectivity index (χ4n) is 3.58. The fraction of sp³-hybridized carbons (Fsp3) is 0.192. The Hall–Kier alpha value is -4.31. The van der Waals surface area contributed by atoms with Crippen LogP contribution in [0.3, 0.4) is 0 Å². The molecule has 3 aromatic rings. The summed E-state index contributed by atoms with van der Waals surface area (Å²) in [5.41, 5.74) is 4.33. The van der Waals surface area contributed by atoms with E-state index in [1.807, 2.05) is 66.9 Å². The topological polar surface area (TPSA) is 93.4 Å². The molecule has 1 heterocycles. The van der Waals surface area contributed by atoms with Crippen molar-refractivity contribution in [2.24, 2.45) is 0 Å². The lowest BCUT2D eigenvalue weighted by Crippen LogP contribution is -2.23. The van der Waals surface area contributed by atoms with E-state index >= 15 is 0 Å². The number of para-hydroxylation sites is 1. The van der Waals surface area contributed by atoms with Gasteiger partial charge >= 0.3 is 5.97 Å². The number of nitrogens with zero attached hydrogens (tertiary/aromatic N) is 2. The molecule has 0 unspecified atom stereocenters. The Morgan fingerprint density at radius 1 is 1.09 bits per heavy atom. The molecular weight excluding hydrogens is 418 g/mol. The number of carbonyl (C=O) groups excluding carboxylic acids is 2. The zero-order valence-corrected chi connectivity index (χ0v) is 19.0. The van der Waals surface area contributed by atoms with Gasteiger partial charge in [0, 0.05) is 17.9 Å². The van der Waals surface area contributed by atoms with Crippen LogP contribution in [-0.2, 0) is 16.1 Å². The number of rotatable bonds is 7. The third-order valence-electron chi connectivity index (χ3n) is 5.30. The average molecular weight is 444 g/mol. The van der Waals surface area contributed by atoms with E-state index in [4.69, 9.17) is 9.47 Å². The van der Waals surface area contributed by atoms with Crippen LogP contribution in [0.4, 0.5) is 0 Å². The number of esters is 1. The van der Waals surface area contributed by atoms with Gasteiger partial charge in [-0.15, -0.1) is 0 Å². The highest BCUT2D eigenvalue weighted by atomic mass is 16.5. The number of amides is 1. The van der Waals surface area contributed by atoms with Gasteiger partial charge in [0.15, 0.2) is 0 Å². The summed E-state index contributed by atoms with van der Waals surface area (Å²) in [5, 5.41) is 12.4. The molecule has 1 N–H and O–H groups in total. The molecule has 33 heavy (non-hydrogen) atoms. The Kier molecular flexibility index (Phi) is 7.31. The maximum absolute atomic E-state index is 12.6. The van der Waals surface area contributed by atoms with Crippen LogP contribution >= 0.6 is 0 Å². The SMILES string of the molecule is COC(=O)c1ccccc1-n1c(C)cc(/C=C(/C#N)C(=O)NCc2ccc(OC)cc2)c1C. The van der Waals surface area contributed by atoms with Crippen LogP contribution in [0.5, 0.6) is 5.75 Å². The van der Waals surface area contributed by atoms with Gasteiger partial charge in [-0.2, -0.15) is 5.26 Å². The summed E-state index contributed by atoms with van der Waals surface area (Å²) in [5.74, 6) is -0.175. The summed E-state index contributed by atoms with van der Waals surface area (Å²) in [7, 11) is 2.93. The highest BCUT2D eigenvalue weighted by Gasteiger charge is 2.18. The van der Waals surface area contributed by atoms with E-state index in [2.05, 4.69) is 5.32 Å². The molecule has 2 aromatic carbocycles. The maximum Gasteiger partial charge on any atom is 0.339 e. The molecule has 0 aliphatic carbocycles. The van der Waals surface area contributed by atoms with Crippen molar-refractivity contribution in [2.45, 2.75) is 20.4 Å². The smallest absolute Gasteiger partial charge is 0.339 e. The van der Waals surface area contributed by atoms with Crippen LogP contribution in [-0.4, -0.2) is 30.7 Å². The molecule has 7 heteroatoms. The van der Waals surface area contributed by atoms with Crippen LogP contribution in [0.2, 0.25) is 0 Å². The highest BCUT2D eigenvalue weighted by molar-refractivity contribution is 6.01. The van der Waals surface area contributed by atoms with Gasteiger partial charge in [-0.3, -0.25) is 4.79 Å². The number of hydrogen-bond acceptors (Lipinski definition) is 5. The number of ether oxygens (including phenoxy) is 2. The minimum Gasteiger partial charge on any atom is -0.497 e. The van der Waals surface area contributed by atoms with E-state index in [9.17, 15) is 14.9 Å². The summed E-state index contributed by atoms with van der Waals surface area (Å²) in [4.78, 5) is 24.9. The predicted molar refractivity (Wildman–Crippen MR) is 125 cm³/mol. The molecule has 168 valence electrons. The highest BCUT2D eigenvalue weighted by Crippen LogP contribution is 2.25. The number of aromatic nitrogens is 1. The molecule has 0 saturated heterocycles. The van der Waals surface area contributed by atoms with Gasteiger partial charge in [-0.1, -0.05) is 24.3 Å². The first kappa shape index (κ1) is 23.4. The first-order valence-corrected chi connectivity index (χ1v) is 10.3.